The highest BCUT2D eigenvalue weighted by Crippen LogP contribution is 2.30. The molecule has 2 aromatic rings. The lowest BCUT2D eigenvalue weighted by atomic mass is 10.1. The molecule has 6 heteroatoms. The van der Waals surface area contributed by atoms with Crippen molar-refractivity contribution in [3.05, 3.63) is 53.6 Å². The summed E-state index contributed by atoms with van der Waals surface area (Å²) < 4.78 is 16.5. The van der Waals surface area contributed by atoms with E-state index in [0.717, 1.165) is 17.1 Å². The predicted molar refractivity (Wildman–Crippen MR) is 101 cm³/mol. The van der Waals surface area contributed by atoms with Gasteiger partial charge in [-0.15, -0.1) is 0 Å². The molecule has 1 amide bonds. The van der Waals surface area contributed by atoms with Crippen LogP contribution in [0.25, 0.3) is 0 Å². The Morgan fingerprint density at radius 2 is 1.78 bits per heavy atom. The highest BCUT2D eigenvalue weighted by atomic mass is 16.6. The average molecular weight is 369 g/mol. The maximum absolute atomic E-state index is 11.9. The molecule has 3 rings (SSSR count). The van der Waals surface area contributed by atoms with Crippen molar-refractivity contribution >= 4 is 11.7 Å². The van der Waals surface area contributed by atoms with Crippen LogP contribution < -0.4 is 19.5 Å². The Kier molecular flexibility index (Phi) is 6.30. The quantitative estimate of drug-likeness (QED) is 0.725. The lowest BCUT2D eigenvalue weighted by Crippen LogP contribution is -2.30. The fraction of sp³-hybridized carbons (Fsp3) is 0.333. The Morgan fingerprint density at radius 1 is 1.04 bits per heavy atom. The fourth-order valence-corrected chi connectivity index (χ4v) is 2.73. The van der Waals surface area contributed by atoms with E-state index in [1.54, 1.807) is 24.3 Å². The molecule has 142 valence electrons. The summed E-state index contributed by atoms with van der Waals surface area (Å²) in [6, 6.07) is 12.6. The molecule has 0 aliphatic carbocycles. The third kappa shape index (κ3) is 5.23. The third-order valence-electron chi connectivity index (χ3n) is 4.21. The average Bonchev–Trinajstić information content (AvgIpc) is 2.72. The molecule has 1 heterocycles. The number of hydrogen-bond acceptors (Lipinski definition) is 5. The molecular formula is C21H23NO5. The summed E-state index contributed by atoms with van der Waals surface area (Å²) in [5.74, 6) is 1.96. The maximum atomic E-state index is 11.9. The number of benzene rings is 2. The van der Waals surface area contributed by atoms with Gasteiger partial charge in [0.15, 0.2) is 23.9 Å². The Labute approximate surface area is 158 Å². The zero-order chi connectivity index (χ0) is 19.1. The van der Waals surface area contributed by atoms with E-state index in [1.165, 1.54) is 0 Å². The van der Waals surface area contributed by atoms with E-state index in [-0.39, 0.29) is 18.3 Å². The molecule has 0 saturated heterocycles. The minimum Gasteiger partial charge on any atom is -0.486 e. The normalized spacial score (nSPS) is 12.3. The zero-order valence-corrected chi connectivity index (χ0v) is 15.3. The zero-order valence-electron chi connectivity index (χ0n) is 15.3. The van der Waals surface area contributed by atoms with Gasteiger partial charge in [-0.05, 0) is 48.4 Å². The smallest absolute Gasteiger partial charge is 0.257 e. The van der Waals surface area contributed by atoms with E-state index in [9.17, 15) is 9.59 Å². The van der Waals surface area contributed by atoms with Gasteiger partial charge in [0.25, 0.3) is 5.91 Å². The summed E-state index contributed by atoms with van der Waals surface area (Å²) in [7, 11) is 0. The van der Waals surface area contributed by atoms with Gasteiger partial charge in [-0.25, -0.2) is 0 Å². The van der Waals surface area contributed by atoms with Crippen molar-refractivity contribution in [1.82, 2.24) is 5.32 Å². The maximum Gasteiger partial charge on any atom is 0.257 e. The Morgan fingerprint density at radius 3 is 2.52 bits per heavy atom. The topological polar surface area (TPSA) is 73.9 Å². The van der Waals surface area contributed by atoms with Gasteiger partial charge in [0, 0.05) is 18.5 Å². The van der Waals surface area contributed by atoms with Crippen molar-refractivity contribution in [2.45, 2.75) is 19.8 Å². The van der Waals surface area contributed by atoms with Gasteiger partial charge in [0.05, 0.1) is 0 Å². The van der Waals surface area contributed by atoms with Crippen molar-refractivity contribution in [2.24, 2.45) is 0 Å². The number of rotatable bonds is 8. The Balaban J connectivity index is 1.40. The number of amides is 1. The van der Waals surface area contributed by atoms with Crippen molar-refractivity contribution in [2.75, 3.05) is 26.4 Å². The van der Waals surface area contributed by atoms with E-state index in [0.29, 0.717) is 43.9 Å². The summed E-state index contributed by atoms with van der Waals surface area (Å²) in [5.41, 5.74) is 1.71. The van der Waals surface area contributed by atoms with Crippen LogP contribution in [0.1, 0.15) is 29.3 Å². The van der Waals surface area contributed by atoms with E-state index < -0.39 is 0 Å². The number of nitrogens with one attached hydrogen (secondary N) is 1. The summed E-state index contributed by atoms with van der Waals surface area (Å²) in [5, 5.41) is 2.83. The van der Waals surface area contributed by atoms with Gasteiger partial charge in [0.2, 0.25) is 0 Å². The molecule has 6 nitrogen and oxygen atoms in total. The molecule has 1 aliphatic rings. The van der Waals surface area contributed by atoms with Gasteiger partial charge in [0.1, 0.15) is 19.0 Å². The first-order valence-corrected chi connectivity index (χ1v) is 9.07. The van der Waals surface area contributed by atoms with Crippen LogP contribution in [0.2, 0.25) is 0 Å². The highest BCUT2D eigenvalue weighted by molar-refractivity contribution is 5.95. The van der Waals surface area contributed by atoms with Gasteiger partial charge >= 0.3 is 0 Å². The summed E-state index contributed by atoms with van der Waals surface area (Å²) >= 11 is 0. The van der Waals surface area contributed by atoms with E-state index in [4.69, 9.17) is 14.2 Å². The Bertz CT molecular complexity index is 801. The number of Topliss-reactive ketones (excluding diaryl/α,β-unsaturated/α-hetero) is 1. The molecule has 0 atom stereocenters. The number of ketones is 1. The monoisotopic (exact) mass is 369 g/mol. The number of carbonyl (C=O) groups excluding carboxylic acids is 2. The molecule has 0 aromatic heterocycles. The van der Waals surface area contributed by atoms with Gasteiger partial charge in [-0.1, -0.05) is 13.0 Å². The van der Waals surface area contributed by atoms with Crippen LogP contribution in [0.4, 0.5) is 0 Å². The van der Waals surface area contributed by atoms with Crippen molar-refractivity contribution < 1.29 is 23.8 Å². The second-order valence-corrected chi connectivity index (χ2v) is 6.17. The molecule has 0 saturated carbocycles. The number of ether oxygens (including phenoxy) is 3. The van der Waals surface area contributed by atoms with Crippen LogP contribution >= 0.6 is 0 Å². The molecule has 0 spiro atoms. The number of hydrogen-bond donors (Lipinski definition) is 1. The van der Waals surface area contributed by atoms with Crippen molar-refractivity contribution in [3.63, 3.8) is 0 Å². The van der Waals surface area contributed by atoms with Crippen LogP contribution in [-0.2, 0) is 11.2 Å². The number of fused-ring (bicyclic) bond motifs is 1. The van der Waals surface area contributed by atoms with E-state index in [1.807, 2.05) is 25.1 Å². The molecular weight excluding hydrogens is 346 g/mol. The van der Waals surface area contributed by atoms with Crippen molar-refractivity contribution in [3.8, 4) is 17.2 Å². The van der Waals surface area contributed by atoms with Crippen LogP contribution in [0, 0.1) is 0 Å². The summed E-state index contributed by atoms with van der Waals surface area (Å²) in [6.45, 7) is 3.38. The summed E-state index contributed by atoms with van der Waals surface area (Å²) in [6.07, 6.45) is 1.15. The first-order valence-electron chi connectivity index (χ1n) is 9.07. The predicted octanol–water partition coefficient (Wildman–Crippen LogP) is 2.79. The SMILES string of the molecule is CCC(=O)c1ccc(OCC(=O)NCCc2ccc3c(c2)OCCO3)cc1. The molecule has 0 radical (unpaired) electrons. The fourth-order valence-electron chi connectivity index (χ4n) is 2.73. The van der Waals surface area contributed by atoms with E-state index >= 15 is 0 Å². The molecule has 0 fully saturated rings. The molecule has 0 unspecified atom stereocenters. The minimum atomic E-state index is -0.193. The second-order valence-electron chi connectivity index (χ2n) is 6.17. The van der Waals surface area contributed by atoms with Crippen LogP contribution in [0.15, 0.2) is 42.5 Å². The van der Waals surface area contributed by atoms with Gasteiger partial charge < -0.3 is 19.5 Å². The van der Waals surface area contributed by atoms with Gasteiger partial charge in [-0.3, -0.25) is 9.59 Å². The largest absolute Gasteiger partial charge is 0.486 e. The van der Waals surface area contributed by atoms with Crippen LogP contribution in [0.5, 0.6) is 17.2 Å². The molecule has 1 aliphatic heterocycles. The van der Waals surface area contributed by atoms with E-state index in [2.05, 4.69) is 5.32 Å². The first kappa shape index (κ1) is 18.8. The lowest BCUT2D eigenvalue weighted by Gasteiger charge is -2.18. The first-order chi connectivity index (χ1) is 13.2. The Hall–Kier alpha value is -3.02. The van der Waals surface area contributed by atoms with Crippen molar-refractivity contribution in [1.29, 1.82) is 0 Å². The summed E-state index contributed by atoms with van der Waals surface area (Å²) in [4.78, 5) is 23.5. The molecule has 27 heavy (non-hydrogen) atoms. The molecule has 1 N–H and O–H groups in total. The van der Waals surface area contributed by atoms with Crippen LogP contribution in [-0.4, -0.2) is 38.1 Å². The molecule has 0 bridgehead atoms. The highest BCUT2D eigenvalue weighted by Gasteiger charge is 2.12. The van der Waals surface area contributed by atoms with Crippen LogP contribution in [0.3, 0.4) is 0 Å². The lowest BCUT2D eigenvalue weighted by molar-refractivity contribution is -0.123. The minimum absolute atomic E-state index is 0.0673. The second kappa shape index (κ2) is 9.07. The molecule has 2 aromatic carbocycles. The number of carbonyl (C=O) groups is 2. The van der Waals surface area contributed by atoms with Gasteiger partial charge in [-0.2, -0.15) is 0 Å². The standard InChI is InChI=1S/C21H23NO5/c1-2-18(23)16-4-6-17(7-5-16)27-14-21(24)22-10-9-15-3-8-19-20(13-15)26-12-11-25-19/h3-8,13H,2,9-12,14H2,1H3,(H,22,24). The third-order valence-corrected chi connectivity index (χ3v) is 4.21.